The summed E-state index contributed by atoms with van der Waals surface area (Å²) in [5.74, 6) is -1.01. The van der Waals surface area contributed by atoms with Crippen molar-refractivity contribution in [2.75, 3.05) is 11.5 Å². The van der Waals surface area contributed by atoms with Gasteiger partial charge < -0.3 is 15.6 Å². The summed E-state index contributed by atoms with van der Waals surface area (Å²) in [7, 11) is 0. The van der Waals surface area contributed by atoms with Gasteiger partial charge in [0.2, 0.25) is 0 Å². The van der Waals surface area contributed by atoms with Gasteiger partial charge in [0.05, 0.1) is 23.5 Å². The Hall–Kier alpha value is -2.29. The first-order chi connectivity index (χ1) is 12.1. The molecule has 1 aliphatic heterocycles. The fourth-order valence-electron chi connectivity index (χ4n) is 2.95. The van der Waals surface area contributed by atoms with Crippen LogP contribution in [0.15, 0.2) is 18.2 Å². The van der Waals surface area contributed by atoms with E-state index in [-0.39, 0.29) is 25.1 Å². The lowest BCUT2D eigenvalue weighted by Gasteiger charge is -2.44. The van der Waals surface area contributed by atoms with Crippen molar-refractivity contribution in [3.63, 3.8) is 0 Å². The predicted octanol–water partition coefficient (Wildman–Crippen LogP) is 3.52. The summed E-state index contributed by atoms with van der Waals surface area (Å²) in [5, 5.41) is 8.61. The van der Waals surface area contributed by atoms with Crippen molar-refractivity contribution in [1.29, 1.82) is 0 Å². The number of hydrogen-bond donors (Lipinski definition) is 2. The Labute approximate surface area is 148 Å². The Morgan fingerprint density at radius 3 is 2.65 bits per heavy atom. The average molecular weight is 374 g/mol. The van der Waals surface area contributed by atoms with E-state index in [0.717, 1.165) is 12.1 Å². The third kappa shape index (κ3) is 4.27. The van der Waals surface area contributed by atoms with Gasteiger partial charge in [-0.3, -0.25) is 9.69 Å². The number of rotatable bonds is 5. The number of fused-ring (bicyclic) bond motifs is 1. The summed E-state index contributed by atoms with van der Waals surface area (Å²) in [6.45, 7) is 1.66. The van der Waals surface area contributed by atoms with E-state index in [1.165, 1.54) is 11.0 Å². The van der Waals surface area contributed by atoms with Crippen LogP contribution in [0.5, 0.6) is 0 Å². The normalized spacial score (nSPS) is 19.8. The van der Waals surface area contributed by atoms with Gasteiger partial charge in [-0.25, -0.2) is 4.79 Å². The Bertz CT molecular complexity index is 693. The van der Waals surface area contributed by atoms with E-state index in [2.05, 4.69) is 0 Å². The third-order valence-electron chi connectivity index (χ3n) is 4.48. The summed E-state index contributed by atoms with van der Waals surface area (Å²) in [4.78, 5) is 24.2. The van der Waals surface area contributed by atoms with E-state index in [1.807, 2.05) is 0 Å². The molecule has 0 bridgehead atoms. The number of nitrogens with zero attached hydrogens (tertiary/aromatic N) is 1. The predicted molar refractivity (Wildman–Crippen MR) is 87.7 cm³/mol. The minimum Gasteiger partial charge on any atom is -0.481 e. The Morgan fingerprint density at radius 2 is 2.08 bits per heavy atom. The number of alkyl halides is 3. The fourth-order valence-corrected chi connectivity index (χ4v) is 2.95. The summed E-state index contributed by atoms with van der Waals surface area (Å²) in [6.07, 6.45) is -4.29. The number of carbonyl (C=O) groups is 2. The highest BCUT2D eigenvalue weighted by Gasteiger charge is 2.42. The molecule has 1 unspecified atom stereocenters. The van der Waals surface area contributed by atoms with Crippen LogP contribution in [0.25, 0.3) is 0 Å². The molecule has 3 N–H and O–H groups in total. The number of carbonyl (C=O) groups excluding carboxylic acids is 1. The lowest BCUT2D eigenvalue weighted by molar-refractivity contribution is -0.138. The standard InChI is InChI=1S/C17H21F3N2O4/c1-2-16(21)8-7-11-10-12(17(18,19)20)5-6-13(11)22(16)15(25)26-9-3-4-14(23)24/h5-6,10H,2-4,7-9,21H2,1H3,(H,23,24). The first kappa shape index (κ1) is 20.0. The molecule has 9 heteroatoms. The molecule has 144 valence electrons. The van der Waals surface area contributed by atoms with Crippen LogP contribution in [0.4, 0.5) is 23.7 Å². The molecule has 1 atom stereocenters. The van der Waals surface area contributed by atoms with E-state index in [0.29, 0.717) is 24.8 Å². The van der Waals surface area contributed by atoms with E-state index in [1.54, 1.807) is 6.92 Å². The van der Waals surface area contributed by atoms with Crippen LogP contribution in [-0.4, -0.2) is 29.4 Å². The molecule has 1 aromatic rings. The van der Waals surface area contributed by atoms with Crippen molar-refractivity contribution in [3.8, 4) is 0 Å². The zero-order valence-electron chi connectivity index (χ0n) is 14.3. The van der Waals surface area contributed by atoms with Gasteiger partial charge in [-0.15, -0.1) is 0 Å². The lowest BCUT2D eigenvalue weighted by Crippen LogP contribution is -2.61. The maximum absolute atomic E-state index is 12.9. The molecule has 1 amide bonds. The topological polar surface area (TPSA) is 92.9 Å². The third-order valence-corrected chi connectivity index (χ3v) is 4.48. The van der Waals surface area contributed by atoms with Crippen LogP contribution >= 0.6 is 0 Å². The fraction of sp³-hybridized carbons (Fsp3) is 0.529. The Kier molecular flexibility index (Phi) is 5.80. The molecule has 1 aliphatic rings. The van der Waals surface area contributed by atoms with E-state index in [4.69, 9.17) is 15.6 Å². The molecule has 6 nitrogen and oxygen atoms in total. The molecular weight excluding hydrogens is 353 g/mol. The number of carboxylic acids is 1. The number of amides is 1. The molecular formula is C17H21F3N2O4. The van der Waals surface area contributed by atoms with Crippen LogP contribution in [0, 0.1) is 0 Å². The highest BCUT2D eigenvalue weighted by molar-refractivity contribution is 5.91. The largest absolute Gasteiger partial charge is 0.481 e. The maximum atomic E-state index is 12.9. The molecule has 1 heterocycles. The number of aliphatic carboxylic acids is 1. The Morgan fingerprint density at radius 1 is 1.38 bits per heavy atom. The second kappa shape index (κ2) is 7.53. The molecule has 0 spiro atoms. The smallest absolute Gasteiger partial charge is 0.416 e. The second-order valence-corrected chi connectivity index (χ2v) is 6.25. The van der Waals surface area contributed by atoms with Gasteiger partial charge in [0.1, 0.15) is 0 Å². The van der Waals surface area contributed by atoms with Gasteiger partial charge >= 0.3 is 18.2 Å². The molecule has 0 radical (unpaired) electrons. The van der Waals surface area contributed by atoms with Crippen molar-refractivity contribution >= 4 is 17.7 Å². The summed E-state index contributed by atoms with van der Waals surface area (Å²) < 4.78 is 43.9. The van der Waals surface area contributed by atoms with Gasteiger partial charge in [-0.05, 0) is 49.4 Å². The molecule has 2 rings (SSSR count). The summed E-state index contributed by atoms with van der Waals surface area (Å²) in [6, 6.07) is 3.16. The monoisotopic (exact) mass is 374 g/mol. The number of carboxylic acid groups (broad SMARTS) is 1. The van der Waals surface area contributed by atoms with Gasteiger partial charge in [-0.1, -0.05) is 6.92 Å². The van der Waals surface area contributed by atoms with Crippen molar-refractivity contribution < 1.29 is 32.6 Å². The summed E-state index contributed by atoms with van der Waals surface area (Å²) in [5.41, 5.74) is 5.11. The van der Waals surface area contributed by atoms with Crippen LogP contribution in [-0.2, 0) is 22.1 Å². The summed E-state index contributed by atoms with van der Waals surface area (Å²) >= 11 is 0. The molecule has 0 fully saturated rings. The van der Waals surface area contributed by atoms with E-state index in [9.17, 15) is 22.8 Å². The number of nitrogens with two attached hydrogens (primary N) is 1. The van der Waals surface area contributed by atoms with Crippen LogP contribution in [0.1, 0.15) is 43.7 Å². The second-order valence-electron chi connectivity index (χ2n) is 6.25. The van der Waals surface area contributed by atoms with E-state index < -0.39 is 29.5 Å². The first-order valence-corrected chi connectivity index (χ1v) is 8.26. The molecule has 26 heavy (non-hydrogen) atoms. The molecule has 1 aromatic carbocycles. The number of benzene rings is 1. The zero-order chi connectivity index (χ0) is 19.5. The van der Waals surface area contributed by atoms with Crippen LogP contribution < -0.4 is 10.6 Å². The van der Waals surface area contributed by atoms with Crippen molar-refractivity contribution in [2.45, 2.75) is 50.9 Å². The average Bonchev–Trinajstić information content (AvgIpc) is 2.57. The van der Waals surface area contributed by atoms with Gasteiger partial charge in [0.25, 0.3) is 0 Å². The first-order valence-electron chi connectivity index (χ1n) is 8.26. The maximum Gasteiger partial charge on any atom is 0.416 e. The molecule has 0 aromatic heterocycles. The SMILES string of the molecule is CCC1(N)CCc2cc(C(F)(F)F)ccc2N1C(=O)OCCCC(=O)O. The quantitative estimate of drug-likeness (QED) is 0.769. The molecule has 0 aliphatic carbocycles. The highest BCUT2D eigenvalue weighted by atomic mass is 19.4. The van der Waals surface area contributed by atoms with E-state index >= 15 is 0 Å². The Balaban J connectivity index is 2.27. The minimum atomic E-state index is -4.47. The number of anilines is 1. The molecule has 0 saturated carbocycles. The minimum absolute atomic E-state index is 0.114. The molecule has 0 saturated heterocycles. The lowest BCUT2D eigenvalue weighted by atomic mass is 9.89. The van der Waals surface area contributed by atoms with Gasteiger partial charge in [0, 0.05) is 6.42 Å². The zero-order valence-corrected chi connectivity index (χ0v) is 14.3. The van der Waals surface area contributed by atoms with Crippen LogP contribution in [0.3, 0.4) is 0 Å². The van der Waals surface area contributed by atoms with Gasteiger partial charge in [0.15, 0.2) is 0 Å². The number of aryl methyl sites for hydroxylation is 1. The number of ether oxygens (including phenoxy) is 1. The van der Waals surface area contributed by atoms with Crippen molar-refractivity contribution in [3.05, 3.63) is 29.3 Å². The number of hydrogen-bond acceptors (Lipinski definition) is 4. The van der Waals surface area contributed by atoms with Gasteiger partial charge in [-0.2, -0.15) is 13.2 Å². The van der Waals surface area contributed by atoms with Crippen molar-refractivity contribution in [1.82, 2.24) is 0 Å². The highest BCUT2D eigenvalue weighted by Crippen LogP contribution is 2.40. The van der Waals surface area contributed by atoms with Crippen LogP contribution in [0.2, 0.25) is 0 Å². The number of halogens is 3. The van der Waals surface area contributed by atoms with Crippen molar-refractivity contribution in [2.24, 2.45) is 5.73 Å².